The van der Waals surface area contributed by atoms with Crippen molar-refractivity contribution in [3.63, 3.8) is 0 Å². The summed E-state index contributed by atoms with van der Waals surface area (Å²) < 4.78 is 5.71. The zero-order chi connectivity index (χ0) is 24.4. The second-order valence-electron chi connectivity index (χ2n) is 10.4. The molecule has 5 rings (SSSR count). The van der Waals surface area contributed by atoms with E-state index in [0.717, 1.165) is 49.2 Å². The molecule has 2 heterocycles. The molecule has 0 spiro atoms. The van der Waals surface area contributed by atoms with Gasteiger partial charge in [-0.1, -0.05) is 60.4 Å². The van der Waals surface area contributed by atoms with E-state index in [0.29, 0.717) is 24.8 Å². The first-order chi connectivity index (χ1) is 17.0. The minimum Gasteiger partial charge on any atom is -0.429 e. The maximum absolute atomic E-state index is 11.9. The van der Waals surface area contributed by atoms with Gasteiger partial charge in [0.2, 0.25) is 0 Å². The van der Waals surface area contributed by atoms with Gasteiger partial charge in [-0.15, -0.1) is 0 Å². The maximum atomic E-state index is 11.9. The van der Waals surface area contributed by atoms with Crippen molar-refractivity contribution in [3.05, 3.63) is 81.3 Å². The Morgan fingerprint density at radius 2 is 2.03 bits per heavy atom. The summed E-state index contributed by atoms with van der Waals surface area (Å²) in [5, 5.41) is 11.4. The van der Waals surface area contributed by atoms with Gasteiger partial charge in [0, 0.05) is 30.8 Å². The zero-order valence-electron chi connectivity index (χ0n) is 20.6. The third-order valence-electron chi connectivity index (χ3n) is 7.82. The normalized spacial score (nSPS) is 25.6. The lowest BCUT2D eigenvalue weighted by Gasteiger charge is -2.50. The number of carbonyl (C=O) groups excluding carboxylic acids is 1. The van der Waals surface area contributed by atoms with Crippen LogP contribution in [0, 0.1) is 5.92 Å². The molecule has 4 nitrogen and oxygen atoms in total. The second-order valence-corrected chi connectivity index (χ2v) is 10.8. The number of aryl methyl sites for hydroxylation is 1. The number of benzene rings is 1. The number of esters is 1. The minimum absolute atomic E-state index is 0.118. The van der Waals surface area contributed by atoms with Crippen molar-refractivity contribution in [1.82, 2.24) is 4.90 Å². The van der Waals surface area contributed by atoms with Gasteiger partial charge in [0.15, 0.2) is 0 Å². The molecular formula is C30H36ClNO3. The van der Waals surface area contributed by atoms with Gasteiger partial charge in [-0.2, -0.15) is 0 Å². The van der Waals surface area contributed by atoms with Crippen molar-refractivity contribution in [2.24, 2.45) is 5.92 Å². The number of fused-ring (bicyclic) bond motifs is 5. The Morgan fingerprint density at radius 1 is 1.17 bits per heavy atom. The van der Waals surface area contributed by atoms with Crippen molar-refractivity contribution in [3.8, 4) is 0 Å². The molecule has 0 bridgehead atoms. The Balaban J connectivity index is 1.33. The molecule has 5 heteroatoms. The monoisotopic (exact) mass is 493 g/mol. The first-order valence-electron chi connectivity index (χ1n) is 13.2. The largest absolute Gasteiger partial charge is 0.429 e. The van der Waals surface area contributed by atoms with Crippen molar-refractivity contribution < 1.29 is 14.6 Å². The average Bonchev–Trinajstić information content (AvgIpc) is 2.83. The quantitative estimate of drug-likeness (QED) is 0.341. The molecule has 1 aromatic rings. The van der Waals surface area contributed by atoms with E-state index in [9.17, 15) is 9.90 Å². The summed E-state index contributed by atoms with van der Waals surface area (Å²) in [5.74, 6) is 0.472. The molecule has 3 unspecified atom stereocenters. The summed E-state index contributed by atoms with van der Waals surface area (Å²) in [6.45, 7) is 2.07. The predicted octanol–water partition coefficient (Wildman–Crippen LogP) is 6.65. The Labute approximate surface area is 214 Å². The number of rotatable bonds is 7. The van der Waals surface area contributed by atoms with Crippen LogP contribution in [0.15, 0.2) is 70.7 Å². The van der Waals surface area contributed by atoms with Crippen molar-refractivity contribution in [2.45, 2.75) is 83.3 Å². The average molecular weight is 494 g/mol. The van der Waals surface area contributed by atoms with E-state index in [4.69, 9.17) is 16.3 Å². The summed E-state index contributed by atoms with van der Waals surface area (Å²) in [6.07, 6.45) is 17.2. The Morgan fingerprint density at radius 3 is 2.86 bits per heavy atom. The van der Waals surface area contributed by atoms with E-state index in [1.165, 1.54) is 48.5 Å². The van der Waals surface area contributed by atoms with Crippen molar-refractivity contribution in [2.75, 3.05) is 6.54 Å². The van der Waals surface area contributed by atoms with Crippen LogP contribution < -0.4 is 0 Å². The topological polar surface area (TPSA) is 49.8 Å². The highest BCUT2D eigenvalue weighted by Crippen LogP contribution is 2.48. The molecule has 1 aromatic carbocycles. The number of hydrogen-bond acceptors (Lipinski definition) is 4. The van der Waals surface area contributed by atoms with E-state index in [1.54, 1.807) is 0 Å². The number of hydrogen-bond donors (Lipinski definition) is 1. The lowest BCUT2D eigenvalue weighted by Crippen LogP contribution is -2.50. The molecule has 0 radical (unpaired) electrons. The molecule has 0 aromatic heterocycles. The number of unbranched alkanes of at least 4 members (excludes halogenated alkanes) is 2. The first kappa shape index (κ1) is 24.4. The highest BCUT2D eigenvalue weighted by molar-refractivity contribution is 6.30. The van der Waals surface area contributed by atoms with E-state index in [-0.39, 0.29) is 11.9 Å². The Hall–Kier alpha value is -2.30. The molecule has 1 saturated carbocycles. The minimum atomic E-state index is -0.500. The molecule has 2 aliphatic heterocycles. The van der Waals surface area contributed by atoms with E-state index in [1.807, 2.05) is 12.1 Å². The first-order valence-corrected chi connectivity index (χ1v) is 13.6. The number of carbonyl (C=O) groups is 1. The summed E-state index contributed by atoms with van der Waals surface area (Å²) in [6, 6.07) is 8.47. The molecule has 0 saturated heterocycles. The molecule has 35 heavy (non-hydrogen) atoms. The Bertz CT molecular complexity index is 1100. The molecule has 3 atom stereocenters. The van der Waals surface area contributed by atoms with Crippen LogP contribution in [0.5, 0.6) is 0 Å². The summed E-state index contributed by atoms with van der Waals surface area (Å²) >= 11 is 6.11. The van der Waals surface area contributed by atoms with Crippen LogP contribution in [-0.2, 0) is 16.0 Å². The number of aliphatic hydroxyl groups is 1. The van der Waals surface area contributed by atoms with Gasteiger partial charge in [0.25, 0.3) is 0 Å². The molecule has 2 aliphatic carbocycles. The van der Waals surface area contributed by atoms with E-state index < -0.39 is 6.10 Å². The van der Waals surface area contributed by atoms with Gasteiger partial charge in [0.05, 0.1) is 17.8 Å². The molecule has 186 valence electrons. The highest BCUT2D eigenvalue weighted by Gasteiger charge is 2.43. The third-order valence-corrected chi connectivity index (χ3v) is 8.06. The number of halogens is 1. The van der Waals surface area contributed by atoms with Crippen molar-refractivity contribution >= 4 is 17.6 Å². The molecular weight excluding hydrogens is 458 g/mol. The van der Waals surface area contributed by atoms with Crippen molar-refractivity contribution in [1.29, 1.82) is 0 Å². The SMILES string of the molecule is CC(=O)OC1=C2C3C=C(CCCCCc4cccc(Cl)c4)C=CC3=C3CCCCC3N2CC(O)C1. The summed E-state index contributed by atoms with van der Waals surface area (Å²) in [5.41, 5.74) is 6.69. The smallest absolute Gasteiger partial charge is 0.307 e. The number of nitrogens with zero attached hydrogens (tertiary/aromatic N) is 1. The second kappa shape index (κ2) is 10.8. The number of aliphatic hydroxyl groups excluding tert-OH is 1. The number of allylic oxidation sites excluding steroid dienone is 4. The highest BCUT2D eigenvalue weighted by atomic mass is 35.5. The van der Waals surface area contributed by atoms with Crippen LogP contribution in [0.2, 0.25) is 5.02 Å². The van der Waals surface area contributed by atoms with E-state index >= 15 is 0 Å². The molecule has 4 aliphatic rings. The van der Waals surface area contributed by atoms with Crippen LogP contribution in [0.1, 0.15) is 70.3 Å². The zero-order valence-corrected chi connectivity index (χ0v) is 21.4. The fourth-order valence-electron chi connectivity index (χ4n) is 6.35. The van der Waals surface area contributed by atoms with Crippen LogP contribution in [0.3, 0.4) is 0 Å². The standard InChI is InChI=1S/C30H36ClNO3/c1-20(33)35-29-18-24(34)19-32-28-13-6-5-12-26(28)25-15-14-22(17-27(25)30(29)32)9-4-2-3-8-21-10-7-11-23(31)16-21/h7,10-11,14-17,24,27-28,34H,2-6,8-9,12-13,18-19H2,1H3. The van der Waals surface area contributed by atoms with Crippen LogP contribution in [0.25, 0.3) is 0 Å². The predicted molar refractivity (Wildman–Crippen MR) is 140 cm³/mol. The number of ether oxygens (including phenoxy) is 1. The van der Waals surface area contributed by atoms with Gasteiger partial charge in [0.1, 0.15) is 5.76 Å². The van der Waals surface area contributed by atoms with Gasteiger partial charge in [-0.3, -0.25) is 4.79 Å². The molecule has 1 N–H and O–H groups in total. The fourth-order valence-corrected chi connectivity index (χ4v) is 6.56. The fraction of sp³-hybridized carbons (Fsp3) is 0.500. The lowest BCUT2D eigenvalue weighted by atomic mass is 9.72. The lowest BCUT2D eigenvalue weighted by molar-refractivity contribution is -0.138. The van der Waals surface area contributed by atoms with Crippen LogP contribution in [-0.4, -0.2) is 34.7 Å². The van der Waals surface area contributed by atoms with Gasteiger partial charge in [-0.05, 0) is 73.8 Å². The summed E-state index contributed by atoms with van der Waals surface area (Å²) in [7, 11) is 0. The molecule has 0 amide bonds. The van der Waals surface area contributed by atoms with Gasteiger partial charge in [-0.25, -0.2) is 0 Å². The Kier molecular flexibility index (Phi) is 7.50. The summed E-state index contributed by atoms with van der Waals surface area (Å²) in [4.78, 5) is 14.3. The third kappa shape index (κ3) is 5.44. The maximum Gasteiger partial charge on any atom is 0.307 e. The van der Waals surface area contributed by atoms with E-state index in [2.05, 4.69) is 35.3 Å². The van der Waals surface area contributed by atoms with Crippen LogP contribution >= 0.6 is 11.6 Å². The molecule has 1 fully saturated rings. The van der Waals surface area contributed by atoms with Gasteiger partial charge >= 0.3 is 5.97 Å². The van der Waals surface area contributed by atoms with Gasteiger partial charge < -0.3 is 14.7 Å². The van der Waals surface area contributed by atoms with Crippen LogP contribution in [0.4, 0.5) is 0 Å².